The lowest BCUT2D eigenvalue weighted by atomic mass is 10.2. The molecule has 0 amide bonds. The molecule has 7 heteroatoms. The molecule has 6 aromatic rings. The molecular weight excluding hydrogens is 508 g/mol. The number of alkyl halides is 1. The Hall–Kier alpha value is -4.10. The van der Waals surface area contributed by atoms with E-state index >= 15 is 0 Å². The fourth-order valence-electron chi connectivity index (χ4n) is 3.34. The van der Waals surface area contributed by atoms with Crippen LogP contribution in [0, 0.1) is 0 Å². The van der Waals surface area contributed by atoms with Gasteiger partial charge in [0, 0.05) is 5.33 Å². The first-order valence-corrected chi connectivity index (χ1v) is 12.1. The topological polar surface area (TPSA) is 81.1 Å². The summed E-state index contributed by atoms with van der Waals surface area (Å²) >= 11 is 3.36. The van der Waals surface area contributed by atoms with Crippen LogP contribution in [0.3, 0.4) is 0 Å². The van der Waals surface area contributed by atoms with Gasteiger partial charge in [-0.3, -0.25) is 9.59 Å². The highest BCUT2D eigenvalue weighted by atomic mass is 79.9. The third-order valence-electron chi connectivity index (χ3n) is 5.10. The summed E-state index contributed by atoms with van der Waals surface area (Å²) in [7, 11) is 0. The van der Waals surface area contributed by atoms with Crippen LogP contribution < -0.4 is 11.1 Å². The van der Waals surface area contributed by atoms with E-state index in [0.717, 1.165) is 10.9 Å². The third kappa shape index (κ3) is 6.28. The third-order valence-corrected chi connectivity index (χ3v) is 5.75. The van der Waals surface area contributed by atoms with E-state index in [9.17, 15) is 9.59 Å². The molecule has 0 unspecified atom stereocenters. The van der Waals surface area contributed by atoms with Crippen LogP contribution in [-0.4, -0.2) is 9.90 Å². The number of halogens is 1. The molecule has 6 nitrogen and oxygen atoms in total. The highest BCUT2D eigenvalue weighted by molar-refractivity contribution is 9.08. The van der Waals surface area contributed by atoms with E-state index < -0.39 is 0 Å². The van der Waals surface area contributed by atoms with Gasteiger partial charge in [-0.15, -0.1) is 0 Å². The van der Waals surface area contributed by atoms with Crippen molar-refractivity contribution in [2.45, 2.75) is 11.9 Å². The van der Waals surface area contributed by atoms with Gasteiger partial charge in [-0.2, -0.15) is 9.90 Å². The number of nitrogens with zero attached hydrogens (tertiary/aromatic N) is 1. The number of para-hydroxylation sites is 2. The molecule has 1 N–H and O–H groups in total. The lowest BCUT2D eigenvalue weighted by molar-refractivity contribution is 0.301. The fraction of sp³-hybridized carbons (Fsp3) is 0.0714. The maximum atomic E-state index is 12.0. The lowest BCUT2D eigenvalue weighted by Crippen LogP contribution is -2.14. The Bertz CT molecular complexity index is 1600. The first-order valence-electron chi connectivity index (χ1n) is 10.9. The van der Waals surface area contributed by atoms with E-state index in [1.165, 1.54) is 10.3 Å². The van der Waals surface area contributed by atoms with Crippen molar-refractivity contribution >= 4 is 37.9 Å². The van der Waals surface area contributed by atoms with Crippen LogP contribution in [0.5, 0.6) is 0 Å². The van der Waals surface area contributed by atoms with Crippen LogP contribution in [0.1, 0.15) is 11.1 Å². The second kappa shape index (κ2) is 11.9. The lowest BCUT2D eigenvalue weighted by Gasteiger charge is -1.98. The van der Waals surface area contributed by atoms with E-state index in [1.807, 2.05) is 66.7 Å². The highest BCUT2D eigenvalue weighted by Crippen LogP contribution is 2.11. The highest BCUT2D eigenvalue weighted by Gasteiger charge is 2.08. The second-order valence-electron chi connectivity index (χ2n) is 7.56. The van der Waals surface area contributed by atoms with Crippen molar-refractivity contribution in [2.75, 3.05) is 0 Å². The van der Waals surface area contributed by atoms with Gasteiger partial charge < -0.3 is 9.05 Å². The molecule has 6 rings (SSSR count). The molecule has 0 radical (unpaired) electrons. The molecule has 35 heavy (non-hydrogen) atoms. The van der Waals surface area contributed by atoms with Crippen molar-refractivity contribution in [1.29, 1.82) is 0 Å². The van der Waals surface area contributed by atoms with Gasteiger partial charge in [-0.05, 0) is 35.4 Å². The van der Waals surface area contributed by atoms with E-state index in [-0.39, 0.29) is 11.1 Å². The maximum Gasteiger partial charge on any atom is 0.290 e. The molecule has 4 aromatic carbocycles. The zero-order chi connectivity index (χ0) is 24.5. The molecule has 0 spiro atoms. The molecular formula is C28H23BrN2O4. The molecule has 0 saturated heterocycles. The second-order valence-corrected chi connectivity index (χ2v) is 8.12. The summed E-state index contributed by atoms with van der Waals surface area (Å²) < 4.78 is 11.7. The smallest absolute Gasteiger partial charge is 0.290 e. The fourth-order valence-corrected chi connectivity index (χ4v) is 3.71. The Labute approximate surface area is 209 Å². The summed E-state index contributed by atoms with van der Waals surface area (Å²) in [6.07, 6.45) is 0. The Morgan fingerprint density at radius 2 is 1.20 bits per heavy atom. The Balaban J connectivity index is 0.000000136. The van der Waals surface area contributed by atoms with Gasteiger partial charge in [0.2, 0.25) is 0 Å². The number of hydrogen-bond acceptors (Lipinski definition) is 4. The predicted molar refractivity (Wildman–Crippen MR) is 142 cm³/mol. The van der Waals surface area contributed by atoms with Crippen molar-refractivity contribution in [3.05, 3.63) is 141 Å². The van der Waals surface area contributed by atoms with Gasteiger partial charge in [0.25, 0.3) is 11.1 Å². The summed E-state index contributed by atoms with van der Waals surface area (Å²) in [4.78, 5) is 22.8. The molecule has 0 bridgehead atoms. The van der Waals surface area contributed by atoms with E-state index in [4.69, 9.17) is 9.05 Å². The quantitative estimate of drug-likeness (QED) is 0.270. The molecule has 2 aromatic heterocycles. The van der Waals surface area contributed by atoms with E-state index in [0.29, 0.717) is 28.5 Å². The summed E-state index contributed by atoms with van der Waals surface area (Å²) in [5.41, 5.74) is 3.36. The van der Waals surface area contributed by atoms with Crippen LogP contribution in [0.4, 0.5) is 0 Å². The predicted octanol–water partition coefficient (Wildman–Crippen LogP) is 6.35. The summed E-state index contributed by atoms with van der Waals surface area (Å²) in [6, 6.07) is 34.4. The molecule has 0 atom stereocenters. The van der Waals surface area contributed by atoms with Gasteiger partial charge in [0.05, 0.1) is 17.3 Å². The van der Waals surface area contributed by atoms with Crippen molar-refractivity contribution in [1.82, 2.24) is 9.90 Å². The number of hydrogen-bond donors (Lipinski definition) is 1. The van der Waals surface area contributed by atoms with Gasteiger partial charge >= 0.3 is 0 Å². The minimum atomic E-state index is -0.171. The van der Waals surface area contributed by atoms with Crippen LogP contribution in [0.25, 0.3) is 21.9 Å². The molecule has 0 aliphatic heterocycles. The van der Waals surface area contributed by atoms with Gasteiger partial charge in [0.1, 0.15) is 0 Å². The number of benzene rings is 4. The average Bonchev–Trinajstić information content (AvgIpc) is 3.45. The van der Waals surface area contributed by atoms with Crippen LogP contribution >= 0.6 is 15.9 Å². The normalized spacial score (nSPS) is 10.3. The summed E-state index contributed by atoms with van der Waals surface area (Å²) in [5, 5.41) is 4.43. The molecule has 0 aliphatic rings. The van der Waals surface area contributed by atoms with E-state index in [2.05, 4.69) is 33.2 Å². The van der Waals surface area contributed by atoms with Crippen LogP contribution in [0.15, 0.2) is 128 Å². The minimum absolute atomic E-state index is 0.0792. The zero-order valence-corrected chi connectivity index (χ0v) is 20.4. The summed E-state index contributed by atoms with van der Waals surface area (Å²) in [5.74, 6) is 0. The van der Waals surface area contributed by atoms with Gasteiger partial charge in [-0.1, -0.05) is 101 Å². The van der Waals surface area contributed by atoms with Gasteiger partial charge in [0.15, 0.2) is 11.2 Å². The number of aromatic amines is 1. The van der Waals surface area contributed by atoms with Crippen LogP contribution in [0.2, 0.25) is 0 Å². The van der Waals surface area contributed by atoms with Crippen molar-refractivity contribution < 1.29 is 9.05 Å². The summed E-state index contributed by atoms with van der Waals surface area (Å²) in [6.45, 7) is 0.467. The molecule has 176 valence electrons. The van der Waals surface area contributed by atoms with Crippen LogP contribution in [-0.2, 0) is 11.9 Å². The Morgan fingerprint density at radius 1 is 0.657 bits per heavy atom. The standard InChI is InChI=1S/C14H11NO2.C7H7Br.C7H5NO2/c16-14-12-8-4-5-9-13(12)17-15(14)10-11-6-2-1-3-7-11;8-6-7-4-2-1-3-5-7;9-7-5-3-1-2-4-6(5)10-8-7/h1-9H,10H2;1-5H,6H2;1-4H,(H,8,9). The number of fused-ring (bicyclic) bond motifs is 2. The number of aromatic nitrogens is 2. The van der Waals surface area contributed by atoms with Crippen molar-refractivity contribution in [2.24, 2.45) is 0 Å². The first-order chi connectivity index (χ1) is 17.2. The Kier molecular flexibility index (Phi) is 8.14. The zero-order valence-electron chi connectivity index (χ0n) is 18.8. The maximum absolute atomic E-state index is 12.0. The number of nitrogens with one attached hydrogen (secondary N) is 1. The molecule has 0 saturated carbocycles. The van der Waals surface area contributed by atoms with Crippen molar-refractivity contribution in [3.8, 4) is 0 Å². The molecule has 2 heterocycles. The molecule has 0 aliphatic carbocycles. The largest absolute Gasteiger partial charge is 0.378 e. The molecule has 0 fully saturated rings. The number of rotatable bonds is 3. The Morgan fingerprint density at radius 3 is 1.77 bits per heavy atom. The van der Waals surface area contributed by atoms with Crippen molar-refractivity contribution in [3.63, 3.8) is 0 Å². The first kappa shape index (κ1) is 24.0. The number of H-pyrrole nitrogens is 1. The monoisotopic (exact) mass is 530 g/mol. The van der Waals surface area contributed by atoms with Gasteiger partial charge in [-0.25, -0.2) is 0 Å². The van der Waals surface area contributed by atoms with E-state index in [1.54, 1.807) is 30.3 Å². The SMILES string of the molecule is BrCc1ccccc1.O=c1[nH]oc2ccccc12.O=c1c2ccccc2on1Cc1ccccc1. The minimum Gasteiger partial charge on any atom is -0.378 e. The average molecular weight is 531 g/mol.